The Kier molecular flexibility index (Phi) is 10.1. The van der Waals surface area contributed by atoms with E-state index in [0.717, 1.165) is 29.7 Å². The summed E-state index contributed by atoms with van der Waals surface area (Å²) >= 11 is 0. The highest BCUT2D eigenvalue weighted by atomic mass is 16.6. The van der Waals surface area contributed by atoms with Crippen molar-refractivity contribution in [3.05, 3.63) is 65.3 Å². The molecule has 186 valence electrons. The van der Waals surface area contributed by atoms with E-state index in [0.29, 0.717) is 11.5 Å². The highest BCUT2D eigenvalue weighted by Gasteiger charge is 2.25. The van der Waals surface area contributed by atoms with E-state index < -0.39 is 18.3 Å². The highest BCUT2D eigenvalue weighted by Crippen LogP contribution is 2.27. The number of amides is 2. The van der Waals surface area contributed by atoms with Crippen LogP contribution in [0.3, 0.4) is 0 Å². The lowest BCUT2D eigenvalue weighted by atomic mass is 9.83. The van der Waals surface area contributed by atoms with Gasteiger partial charge in [0.15, 0.2) is 0 Å². The number of rotatable bonds is 1. The van der Waals surface area contributed by atoms with E-state index in [1.54, 1.807) is 19.1 Å². The fourth-order valence-electron chi connectivity index (χ4n) is 4.68. The van der Waals surface area contributed by atoms with E-state index in [-0.39, 0.29) is 23.7 Å². The van der Waals surface area contributed by atoms with E-state index in [9.17, 15) is 14.7 Å². The van der Waals surface area contributed by atoms with Gasteiger partial charge in [-0.05, 0) is 61.8 Å². The van der Waals surface area contributed by atoms with Gasteiger partial charge in [-0.1, -0.05) is 64.1 Å². The van der Waals surface area contributed by atoms with Crippen LogP contribution < -0.4 is 11.1 Å². The minimum Gasteiger partial charge on any atom is -0.441 e. The smallest absolute Gasteiger partial charge is 0.405 e. The lowest BCUT2D eigenvalue weighted by Gasteiger charge is -2.28. The average molecular weight is 469 g/mol. The van der Waals surface area contributed by atoms with Gasteiger partial charge in [-0.15, -0.1) is 0 Å². The molecule has 2 bridgehead atoms. The molecule has 1 aromatic carbocycles. The van der Waals surface area contributed by atoms with Gasteiger partial charge in [0, 0.05) is 23.1 Å². The molecule has 0 aromatic heterocycles. The lowest BCUT2D eigenvalue weighted by molar-refractivity contribution is -0.112. The minimum absolute atomic E-state index is 0.0821. The summed E-state index contributed by atoms with van der Waals surface area (Å²) in [4.78, 5) is 24.2. The third-order valence-electron chi connectivity index (χ3n) is 6.48. The molecule has 1 aromatic rings. The van der Waals surface area contributed by atoms with Crippen LogP contribution in [0.5, 0.6) is 0 Å². The Balaban J connectivity index is 2.42. The molecule has 6 atom stereocenters. The van der Waals surface area contributed by atoms with Crippen molar-refractivity contribution in [1.29, 1.82) is 0 Å². The molecule has 34 heavy (non-hydrogen) atoms. The number of carbonyl (C=O) groups is 2. The number of carbonyl (C=O) groups excluding carboxylic acids is 2. The number of anilines is 1. The molecular formula is C28H40N2O4. The third-order valence-corrected chi connectivity index (χ3v) is 6.48. The number of hydrogen-bond acceptors (Lipinski definition) is 4. The molecule has 1 aliphatic rings. The van der Waals surface area contributed by atoms with Gasteiger partial charge in [-0.2, -0.15) is 0 Å². The number of aliphatic hydroxyl groups excluding tert-OH is 1. The molecule has 0 fully saturated rings. The molecule has 2 rings (SSSR count). The van der Waals surface area contributed by atoms with Gasteiger partial charge in [-0.25, -0.2) is 4.79 Å². The van der Waals surface area contributed by atoms with Crippen LogP contribution in [0.2, 0.25) is 0 Å². The maximum Gasteiger partial charge on any atom is 0.405 e. The molecular weight excluding hydrogens is 428 g/mol. The first kappa shape index (κ1) is 27.4. The van der Waals surface area contributed by atoms with Crippen LogP contribution in [0.15, 0.2) is 59.7 Å². The molecule has 0 aliphatic carbocycles. The van der Waals surface area contributed by atoms with Crippen molar-refractivity contribution in [3.8, 4) is 0 Å². The van der Waals surface area contributed by atoms with Crippen LogP contribution >= 0.6 is 0 Å². The number of primary amides is 1. The SMILES string of the molecule is C/C1=C\C=C/[C@H](C)[C@@H](OC(N)=O)/C(C)=C/[C@H](C)[C@@H](O)[C@@H](C)C[C@H](C)Cc2cccc(c2)NC1=O. The maximum atomic E-state index is 12.6. The fraction of sp³-hybridized carbons (Fsp3) is 0.500. The zero-order valence-electron chi connectivity index (χ0n) is 21.2. The first-order valence-electron chi connectivity index (χ1n) is 12.1. The van der Waals surface area contributed by atoms with Crippen LogP contribution in [0.25, 0.3) is 0 Å². The van der Waals surface area contributed by atoms with Gasteiger partial charge < -0.3 is 20.9 Å². The standard InChI is InChI=1S/C28H40N2O4/c1-17-13-20(4)25(31)21(5)15-22(6)26(34-28(29)33)18(2)9-7-10-19(3)27(32)30-24-12-8-11-23(14-17)16-24/h7-12,15-18,20-21,25-26,31H,13-14H2,1-6H3,(H2,29,33)(H,30,32)/b9-7-,19-10+,22-15+/t17-,18-,20-,21-,25-,26+/m0/s1. The topological polar surface area (TPSA) is 102 Å². The maximum absolute atomic E-state index is 12.6. The van der Waals surface area contributed by atoms with Crippen LogP contribution in [-0.4, -0.2) is 29.3 Å². The Bertz CT molecular complexity index is 949. The van der Waals surface area contributed by atoms with E-state index in [1.807, 2.05) is 51.1 Å². The van der Waals surface area contributed by atoms with Crippen LogP contribution in [0, 0.1) is 23.7 Å². The number of allylic oxidation sites excluding steroid dienone is 2. The number of fused-ring (bicyclic) bond motifs is 2. The predicted octanol–water partition coefficient (Wildman–Crippen LogP) is 5.39. The van der Waals surface area contributed by atoms with Crippen LogP contribution in [-0.2, 0) is 16.0 Å². The summed E-state index contributed by atoms with van der Waals surface area (Å²) in [7, 11) is 0. The van der Waals surface area contributed by atoms with Crippen molar-refractivity contribution in [2.75, 3.05) is 5.32 Å². The Labute approximate surface area is 204 Å². The zero-order chi connectivity index (χ0) is 25.4. The highest BCUT2D eigenvalue weighted by molar-refractivity contribution is 6.03. The quantitative estimate of drug-likeness (QED) is 0.481. The average Bonchev–Trinajstić information content (AvgIpc) is 2.75. The molecule has 0 saturated carbocycles. The van der Waals surface area contributed by atoms with Crippen molar-refractivity contribution < 1.29 is 19.4 Å². The molecule has 0 unspecified atom stereocenters. The lowest BCUT2D eigenvalue weighted by Crippen LogP contribution is -2.30. The Hall–Kier alpha value is -2.86. The molecule has 2 amide bonds. The summed E-state index contributed by atoms with van der Waals surface area (Å²) in [6, 6.07) is 7.91. The number of hydrogen-bond donors (Lipinski definition) is 3. The van der Waals surface area contributed by atoms with E-state index in [1.165, 1.54) is 0 Å². The Morgan fingerprint density at radius 2 is 1.85 bits per heavy atom. The van der Waals surface area contributed by atoms with Crippen molar-refractivity contribution in [2.45, 2.75) is 66.6 Å². The second-order valence-corrected chi connectivity index (χ2v) is 9.89. The minimum atomic E-state index is -0.848. The molecule has 6 heteroatoms. The third kappa shape index (κ3) is 8.17. The van der Waals surface area contributed by atoms with Gasteiger partial charge in [0.1, 0.15) is 6.10 Å². The van der Waals surface area contributed by atoms with E-state index >= 15 is 0 Å². The summed E-state index contributed by atoms with van der Waals surface area (Å²) in [6.45, 7) is 11.8. The number of aliphatic hydroxyl groups is 1. The first-order valence-corrected chi connectivity index (χ1v) is 12.1. The molecule has 0 saturated heterocycles. The van der Waals surface area contributed by atoms with E-state index in [2.05, 4.69) is 25.2 Å². The van der Waals surface area contributed by atoms with E-state index in [4.69, 9.17) is 10.5 Å². The number of ether oxygens (including phenoxy) is 1. The van der Waals surface area contributed by atoms with Gasteiger partial charge >= 0.3 is 6.09 Å². The second-order valence-electron chi connectivity index (χ2n) is 9.89. The Morgan fingerprint density at radius 3 is 2.53 bits per heavy atom. The summed E-state index contributed by atoms with van der Waals surface area (Å²) in [6.07, 6.45) is 7.14. The molecule has 6 nitrogen and oxygen atoms in total. The summed E-state index contributed by atoms with van der Waals surface area (Å²) in [5.41, 5.74) is 8.63. The van der Waals surface area contributed by atoms with Crippen LogP contribution in [0.1, 0.15) is 53.5 Å². The fourth-order valence-corrected chi connectivity index (χ4v) is 4.68. The molecule has 4 N–H and O–H groups in total. The van der Waals surface area contributed by atoms with Crippen molar-refractivity contribution in [1.82, 2.24) is 0 Å². The van der Waals surface area contributed by atoms with Crippen molar-refractivity contribution in [3.63, 3.8) is 0 Å². The first-order chi connectivity index (χ1) is 16.0. The Morgan fingerprint density at radius 1 is 1.15 bits per heavy atom. The van der Waals surface area contributed by atoms with Gasteiger partial charge in [0.25, 0.3) is 5.91 Å². The normalized spacial score (nSPS) is 33.6. The summed E-state index contributed by atoms with van der Waals surface area (Å²) in [5.74, 6) is -0.0411. The molecule has 0 radical (unpaired) electrons. The number of nitrogens with two attached hydrogens (primary N) is 1. The summed E-state index contributed by atoms with van der Waals surface area (Å²) in [5, 5.41) is 14.0. The van der Waals surface area contributed by atoms with Gasteiger partial charge in [0.05, 0.1) is 6.10 Å². The molecule has 0 spiro atoms. The number of nitrogens with one attached hydrogen (secondary N) is 1. The molecule has 1 aliphatic heterocycles. The molecule has 1 heterocycles. The monoisotopic (exact) mass is 468 g/mol. The number of benzene rings is 1. The largest absolute Gasteiger partial charge is 0.441 e. The second kappa shape index (κ2) is 12.6. The zero-order valence-corrected chi connectivity index (χ0v) is 21.2. The van der Waals surface area contributed by atoms with Crippen molar-refractivity contribution >= 4 is 17.7 Å². The van der Waals surface area contributed by atoms with Gasteiger partial charge in [0.2, 0.25) is 0 Å². The van der Waals surface area contributed by atoms with Crippen LogP contribution in [0.4, 0.5) is 10.5 Å². The predicted molar refractivity (Wildman–Crippen MR) is 137 cm³/mol. The van der Waals surface area contributed by atoms with Gasteiger partial charge in [-0.3, -0.25) is 4.79 Å². The summed E-state index contributed by atoms with van der Waals surface area (Å²) < 4.78 is 5.41. The van der Waals surface area contributed by atoms with Crippen molar-refractivity contribution in [2.24, 2.45) is 29.4 Å².